The predicted octanol–water partition coefficient (Wildman–Crippen LogP) is 20.6. The number of ether oxygens (including phenoxy) is 2. The second kappa shape index (κ2) is 64.5. The summed E-state index contributed by atoms with van der Waals surface area (Å²) >= 11 is 0. The van der Waals surface area contributed by atoms with Crippen molar-refractivity contribution >= 4 is 19.8 Å². The molecule has 0 aromatic carbocycles. The van der Waals surface area contributed by atoms with Crippen molar-refractivity contribution < 1.29 is 37.6 Å². The van der Waals surface area contributed by atoms with Crippen LogP contribution in [0.5, 0.6) is 0 Å². The van der Waals surface area contributed by atoms with Gasteiger partial charge >= 0.3 is 19.8 Å². The van der Waals surface area contributed by atoms with Gasteiger partial charge in [0.05, 0.1) is 13.2 Å². The SMILES string of the molecule is CC/C=C\C/C=C\C/C=C\C/C=C\C/C=C\C/C=C\C/C=C\C/C=C\C/C=C\CCCCCCCC(=O)OC(COC(=O)CCCCCCCCCCCCC/C=C\C/C=C\C/C=C\C/C=C\C/C=C\CC)COP(=O)(O)OCCN. The fraction of sp³-hybridized carbons (Fsp3) is 0.577. The third-order valence-electron chi connectivity index (χ3n) is 12.6. The lowest BCUT2D eigenvalue weighted by Gasteiger charge is -2.19. The number of phosphoric ester groups is 1. The van der Waals surface area contributed by atoms with E-state index >= 15 is 0 Å². The standard InChI is InChI=1S/C71H114NO8P/c1-3-5-7-9-11-13-15-17-19-21-23-25-27-29-31-32-33-34-35-36-38-40-42-44-46-48-50-52-54-56-58-60-62-64-71(74)80-69(68-79-81(75,76)78-66-65-72)67-77-70(73)63-61-59-57-55-53-51-49-47-45-43-41-39-37-30-28-26-24-22-20-18-16-14-12-10-8-6-4-2/h5-8,11-14,17-20,23-26,29-31,33-34,36-38,42,44,48,50,69H,3-4,9-10,15-16,21-22,27-28,32,35,39-41,43,45-47,49,51-68,72H2,1-2H3,(H,75,76)/b7-5-,8-6-,13-11-,14-12-,19-17-,20-18-,25-23-,26-24-,31-29-,34-33-,37-30-,38-36-,44-42-,50-48-. The molecule has 456 valence electrons. The minimum atomic E-state index is -4.41. The van der Waals surface area contributed by atoms with E-state index in [1.54, 1.807) is 0 Å². The summed E-state index contributed by atoms with van der Waals surface area (Å²) in [7, 11) is -4.41. The fourth-order valence-electron chi connectivity index (χ4n) is 8.01. The lowest BCUT2D eigenvalue weighted by atomic mass is 10.0. The monoisotopic (exact) mass is 1140 g/mol. The Hall–Kier alpha value is -4.63. The number of hydrogen-bond acceptors (Lipinski definition) is 8. The van der Waals surface area contributed by atoms with Gasteiger partial charge in [-0.2, -0.15) is 0 Å². The molecule has 0 aliphatic heterocycles. The Morgan fingerprint density at radius 2 is 0.642 bits per heavy atom. The summed E-state index contributed by atoms with van der Waals surface area (Å²) in [6, 6.07) is 0. The molecule has 0 fully saturated rings. The quantitative estimate of drug-likeness (QED) is 0.0264. The number of allylic oxidation sites excluding steroid dienone is 28. The highest BCUT2D eigenvalue weighted by Gasteiger charge is 2.26. The maximum atomic E-state index is 12.7. The first-order valence-corrected chi connectivity index (χ1v) is 33.1. The highest BCUT2D eigenvalue weighted by atomic mass is 31.2. The van der Waals surface area contributed by atoms with Crippen LogP contribution in [-0.4, -0.2) is 49.3 Å². The molecule has 2 unspecified atom stereocenters. The molecule has 2 atom stereocenters. The minimum absolute atomic E-state index is 0.0401. The number of rotatable bonds is 57. The molecule has 10 heteroatoms. The van der Waals surface area contributed by atoms with E-state index in [9.17, 15) is 19.0 Å². The molecular formula is C71H114NO8P. The van der Waals surface area contributed by atoms with Crippen LogP contribution in [0.1, 0.15) is 232 Å². The summed E-state index contributed by atoms with van der Waals surface area (Å²) in [5, 5.41) is 0. The summed E-state index contributed by atoms with van der Waals surface area (Å²) in [4.78, 5) is 35.3. The first-order chi connectivity index (χ1) is 39.8. The Balaban J connectivity index is 4.06. The lowest BCUT2D eigenvalue weighted by molar-refractivity contribution is -0.161. The van der Waals surface area contributed by atoms with Crippen molar-refractivity contribution in [2.75, 3.05) is 26.4 Å². The average Bonchev–Trinajstić information content (AvgIpc) is 3.46. The van der Waals surface area contributed by atoms with Gasteiger partial charge in [-0.05, 0) is 128 Å². The fourth-order valence-corrected chi connectivity index (χ4v) is 8.77. The zero-order valence-electron chi connectivity index (χ0n) is 50.9. The molecule has 0 saturated heterocycles. The van der Waals surface area contributed by atoms with Crippen molar-refractivity contribution in [2.24, 2.45) is 5.73 Å². The third-order valence-corrected chi connectivity index (χ3v) is 13.6. The molecule has 0 aromatic heterocycles. The second-order valence-electron chi connectivity index (χ2n) is 20.2. The van der Waals surface area contributed by atoms with Gasteiger partial charge in [-0.1, -0.05) is 261 Å². The van der Waals surface area contributed by atoms with Crippen molar-refractivity contribution in [3.63, 3.8) is 0 Å². The molecule has 0 spiro atoms. The van der Waals surface area contributed by atoms with Gasteiger partial charge in [0.2, 0.25) is 0 Å². The van der Waals surface area contributed by atoms with Crippen molar-refractivity contribution in [1.82, 2.24) is 0 Å². The number of nitrogens with two attached hydrogens (primary N) is 1. The van der Waals surface area contributed by atoms with Crippen LogP contribution in [0, 0.1) is 0 Å². The van der Waals surface area contributed by atoms with Crippen LogP contribution in [0.4, 0.5) is 0 Å². The summed E-state index contributed by atoms with van der Waals surface area (Å²) in [6.07, 6.45) is 95.5. The van der Waals surface area contributed by atoms with Gasteiger partial charge in [-0.3, -0.25) is 18.6 Å². The number of hydrogen-bond donors (Lipinski definition) is 2. The topological polar surface area (TPSA) is 134 Å². The van der Waals surface area contributed by atoms with Crippen molar-refractivity contribution in [3.05, 3.63) is 170 Å². The summed E-state index contributed by atoms with van der Waals surface area (Å²) < 4.78 is 33.1. The van der Waals surface area contributed by atoms with Gasteiger partial charge in [0.15, 0.2) is 6.10 Å². The normalized spacial score (nSPS) is 14.2. The lowest BCUT2D eigenvalue weighted by Crippen LogP contribution is -2.29. The van der Waals surface area contributed by atoms with Gasteiger partial charge < -0.3 is 20.1 Å². The van der Waals surface area contributed by atoms with Gasteiger partial charge in [0, 0.05) is 19.4 Å². The molecule has 0 aromatic rings. The van der Waals surface area contributed by atoms with E-state index in [4.69, 9.17) is 24.3 Å². The minimum Gasteiger partial charge on any atom is -0.462 e. The summed E-state index contributed by atoms with van der Waals surface area (Å²) in [5.74, 6) is -0.865. The van der Waals surface area contributed by atoms with Crippen molar-refractivity contribution in [2.45, 2.75) is 238 Å². The Morgan fingerprint density at radius 1 is 0.370 bits per heavy atom. The zero-order valence-corrected chi connectivity index (χ0v) is 51.8. The molecule has 0 heterocycles. The molecule has 0 amide bonds. The van der Waals surface area contributed by atoms with Crippen LogP contribution < -0.4 is 5.73 Å². The maximum Gasteiger partial charge on any atom is 0.472 e. The molecule has 0 rings (SSSR count). The number of unbranched alkanes of at least 4 members (excludes halogenated alkanes) is 16. The number of carbonyl (C=O) groups is 2. The van der Waals surface area contributed by atoms with Crippen LogP contribution in [0.25, 0.3) is 0 Å². The van der Waals surface area contributed by atoms with Gasteiger partial charge in [-0.15, -0.1) is 0 Å². The molecule has 0 radical (unpaired) electrons. The molecule has 81 heavy (non-hydrogen) atoms. The second-order valence-corrected chi connectivity index (χ2v) is 21.6. The largest absolute Gasteiger partial charge is 0.472 e. The van der Waals surface area contributed by atoms with Crippen molar-refractivity contribution in [3.8, 4) is 0 Å². The summed E-state index contributed by atoms with van der Waals surface area (Å²) in [5.41, 5.74) is 5.39. The van der Waals surface area contributed by atoms with Crippen LogP contribution >= 0.6 is 7.82 Å². The highest BCUT2D eigenvalue weighted by molar-refractivity contribution is 7.47. The smallest absolute Gasteiger partial charge is 0.462 e. The van der Waals surface area contributed by atoms with E-state index in [0.717, 1.165) is 154 Å². The molecule has 0 bridgehead atoms. The third kappa shape index (κ3) is 64.4. The summed E-state index contributed by atoms with van der Waals surface area (Å²) in [6.45, 7) is 3.47. The van der Waals surface area contributed by atoms with Gasteiger partial charge in [-0.25, -0.2) is 4.57 Å². The Labute approximate surface area is 495 Å². The van der Waals surface area contributed by atoms with Crippen molar-refractivity contribution in [1.29, 1.82) is 0 Å². The number of phosphoric acid groups is 1. The van der Waals surface area contributed by atoms with Crippen LogP contribution in [-0.2, 0) is 32.7 Å². The number of esters is 2. The molecule has 9 nitrogen and oxygen atoms in total. The maximum absolute atomic E-state index is 12.7. The Morgan fingerprint density at radius 3 is 0.951 bits per heavy atom. The molecule has 3 N–H and O–H groups in total. The van der Waals surface area contributed by atoms with E-state index in [0.29, 0.717) is 6.42 Å². The molecular weight excluding hydrogens is 1030 g/mol. The van der Waals surface area contributed by atoms with Gasteiger partial charge in [0.25, 0.3) is 0 Å². The first kappa shape index (κ1) is 76.4. The van der Waals surface area contributed by atoms with Gasteiger partial charge in [0.1, 0.15) is 6.61 Å². The Kier molecular flexibility index (Phi) is 60.8. The Bertz CT molecular complexity index is 1930. The van der Waals surface area contributed by atoms with E-state index in [2.05, 4.69) is 184 Å². The first-order valence-electron chi connectivity index (χ1n) is 31.6. The highest BCUT2D eigenvalue weighted by Crippen LogP contribution is 2.43. The molecule has 0 aliphatic carbocycles. The average molecular weight is 1140 g/mol. The van der Waals surface area contributed by atoms with Crippen LogP contribution in [0.2, 0.25) is 0 Å². The van der Waals surface area contributed by atoms with Crippen LogP contribution in [0.15, 0.2) is 170 Å². The number of carbonyl (C=O) groups excluding carboxylic acids is 2. The molecule has 0 saturated carbocycles. The predicted molar refractivity (Wildman–Crippen MR) is 348 cm³/mol. The van der Waals surface area contributed by atoms with E-state index in [1.807, 2.05) is 0 Å². The van der Waals surface area contributed by atoms with E-state index < -0.39 is 32.5 Å². The molecule has 0 aliphatic rings. The van der Waals surface area contributed by atoms with E-state index in [1.165, 1.54) is 44.9 Å². The zero-order chi connectivity index (χ0) is 58.7. The van der Waals surface area contributed by atoms with Crippen LogP contribution in [0.3, 0.4) is 0 Å². The van der Waals surface area contributed by atoms with E-state index in [-0.39, 0.29) is 32.6 Å².